The van der Waals surface area contributed by atoms with E-state index in [9.17, 15) is 0 Å². The van der Waals surface area contributed by atoms with Crippen molar-refractivity contribution < 1.29 is 4.52 Å². The van der Waals surface area contributed by atoms with Crippen LogP contribution in [0.1, 0.15) is 11.5 Å². The first-order valence-corrected chi connectivity index (χ1v) is 5.38. The van der Waals surface area contributed by atoms with E-state index in [0.717, 1.165) is 11.3 Å². The first-order valence-electron chi connectivity index (χ1n) is 4.21. The fraction of sp³-hybridized carbons (Fsp3) is 0.222. The highest BCUT2D eigenvalue weighted by Gasteiger charge is 2.15. The minimum atomic E-state index is 0.375. The van der Waals surface area contributed by atoms with Gasteiger partial charge in [0.1, 0.15) is 10.9 Å². The summed E-state index contributed by atoms with van der Waals surface area (Å²) in [7, 11) is 0. The van der Waals surface area contributed by atoms with Gasteiger partial charge in [0.15, 0.2) is 5.82 Å². The molecule has 0 unspecified atom stereocenters. The molecular weight excluding hydrogens is 281 g/mol. The van der Waals surface area contributed by atoms with Crippen molar-refractivity contribution in [2.75, 3.05) is 0 Å². The van der Waals surface area contributed by atoms with E-state index in [2.05, 4.69) is 31.1 Å². The van der Waals surface area contributed by atoms with Crippen molar-refractivity contribution in [2.24, 2.45) is 0 Å². The van der Waals surface area contributed by atoms with Gasteiger partial charge in [-0.15, -0.1) is 0 Å². The van der Waals surface area contributed by atoms with Gasteiger partial charge in [-0.05, 0) is 29.8 Å². The van der Waals surface area contributed by atoms with Gasteiger partial charge in [-0.2, -0.15) is 0 Å². The van der Waals surface area contributed by atoms with E-state index >= 15 is 0 Å². The Bertz CT molecular complexity index is 493. The third-order valence-corrected chi connectivity index (χ3v) is 3.06. The van der Waals surface area contributed by atoms with E-state index in [-0.39, 0.29) is 0 Å². The molecule has 6 heteroatoms. The average Bonchev–Trinajstić information content (AvgIpc) is 2.52. The molecule has 0 aliphatic carbocycles. The molecule has 0 atom stereocenters. The van der Waals surface area contributed by atoms with E-state index in [4.69, 9.17) is 16.1 Å². The third kappa shape index (κ3) is 1.89. The number of halogens is 2. The van der Waals surface area contributed by atoms with Gasteiger partial charge in [-0.25, -0.2) is 9.97 Å². The van der Waals surface area contributed by atoms with Gasteiger partial charge in [0.05, 0.1) is 15.7 Å². The van der Waals surface area contributed by atoms with Gasteiger partial charge < -0.3 is 4.52 Å². The van der Waals surface area contributed by atoms with Gasteiger partial charge in [-0.1, -0.05) is 16.8 Å². The topological polar surface area (TPSA) is 51.8 Å². The van der Waals surface area contributed by atoms with E-state index in [1.54, 1.807) is 6.20 Å². The zero-order valence-electron chi connectivity index (χ0n) is 8.08. The quantitative estimate of drug-likeness (QED) is 0.756. The molecule has 0 spiro atoms. The van der Waals surface area contributed by atoms with E-state index < -0.39 is 0 Å². The van der Waals surface area contributed by atoms with E-state index in [1.165, 1.54) is 0 Å². The Morgan fingerprint density at radius 1 is 1.40 bits per heavy atom. The van der Waals surface area contributed by atoms with E-state index in [0.29, 0.717) is 21.2 Å². The molecule has 0 N–H and O–H groups in total. The van der Waals surface area contributed by atoms with Gasteiger partial charge in [-0.3, -0.25) is 0 Å². The predicted molar refractivity (Wildman–Crippen MR) is 59.7 cm³/mol. The lowest BCUT2D eigenvalue weighted by Gasteiger charge is -1.99. The molecule has 0 bridgehead atoms. The summed E-state index contributed by atoms with van der Waals surface area (Å²) in [5, 5.41) is 4.21. The second-order valence-corrected chi connectivity index (χ2v) is 4.24. The molecule has 4 nitrogen and oxygen atoms in total. The van der Waals surface area contributed by atoms with Crippen molar-refractivity contribution in [3.8, 4) is 11.4 Å². The van der Waals surface area contributed by atoms with Gasteiger partial charge >= 0.3 is 0 Å². The number of aryl methyl sites for hydroxylation is 2. The molecule has 78 valence electrons. The molecular formula is C9H7BrClN3O. The molecule has 0 saturated carbocycles. The Morgan fingerprint density at radius 3 is 2.67 bits per heavy atom. The standard InChI is InChI=1S/C9H7BrClN3O/c1-4-7(5(2)15-14-4)9-12-3-6(10)8(11)13-9/h3H,1-2H3. The summed E-state index contributed by atoms with van der Waals surface area (Å²) >= 11 is 9.12. The van der Waals surface area contributed by atoms with Crippen LogP contribution in [0.3, 0.4) is 0 Å². The maximum atomic E-state index is 5.89. The summed E-state index contributed by atoms with van der Waals surface area (Å²) in [5.74, 6) is 1.21. The molecule has 0 aromatic carbocycles. The van der Waals surface area contributed by atoms with Crippen molar-refractivity contribution in [2.45, 2.75) is 13.8 Å². The zero-order chi connectivity index (χ0) is 11.0. The van der Waals surface area contributed by atoms with Crippen LogP contribution >= 0.6 is 27.5 Å². The van der Waals surface area contributed by atoms with Crippen LogP contribution in [0.5, 0.6) is 0 Å². The number of hydrogen-bond acceptors (Lipinski definition) is 4. The third-order valence-electron chi connectivity index (χ3n) is 1.96. The molecule has 0 radical (unpaired) electrons. The Hall–Kier alpha value is -0.940. The largest absolute Gasteiger partial charge is 0.361 e. The van der Waals surface area contributed by atoms with Crippen molar-refractivity contribution in [3.05, 3.63) is 27.3 Å². The van der Waals surface area contributed by atoms with Crippen molar-refractivity contribution in [3.63, 3.8) is 0 Å². The van der Waals surface area contributed by atoms with Crippen LogP contribution < -0.4 is 0 Å². The average molecular weight is 289 g/mol. The molecule has 2 heterocycles. The van der Waals surface area contributed by atoms with Crippen molar-refractivity contribution in [1.29, 1.82) is 0 Å². The summed E-state index contributed by atoms with van der Waals surface area (Å²) in [5.41, 5.74) is 1.55. The van der Waals surface area contributed by atoms with Crippen LogP contribution in [0.4, 0.5) is 0 Å². The molecule has 0 amide bonds. The molecule has 2 rings (SSSR count). The van der Waals surface area contributed by atoms with Crippen LogP contribution in [0.25, 0.3) is 11.4 Å². The highest BCUT2D eigenvalue weighted by molar-refractivity contribution is 9.10. The molecule has 0 aliphatic rings. The first kappa shape index (κ1) is 10.6. The van der Waals surface area contributed by atoms with Crippen molar-refractivity contribution in [1.82, 2.24) is 15.1 Å². The smallest absolute Gasteiger partial charge is 0.166 e. The van der Waals surface area contributed by atoms with Gasteiger partial charge in [0, 0.05) is 6.20 Å². The highest BCUT2D eigenvalue weighted by atomic mass is 79.9. The highest BCUT2D eigenvalue weighted by Crippen LogP contribution is 2.26. The Labute approximate surface area is 99.8 Å². The minimum absolute atomic E-state index is 0.375. The molecule has 2 aromatic heterocycles. The Kier molecular flexibility index (Phi) is 2.75. The number of hydrogen-bond donors (Lipinski definition) is 0. The number of aromatic nitrogens is 3. The zero-order valence-corrected chi connectivity index (χ0v) is 10.4. The number of rotatable bonds is 1. The van der Waals surface area contributed by atoms with E-state index in [1.807, 2.05) is 13.8 Å². The fourth-order valence-electron chi connectivity index (χ4n) is 1.27. The summed E-state index contributed by atoms with van der Waals surface area (Å²) in [6.45, 7) is 3.65. The van der Waals surface area contributed by atoms with Crippen LogP contribution in [-0.4, -0.2) is 15.1 Å². The lowest BCUT2D eigenvalue weighted by Crippen LogP contribution is -1.91. The van der Waals surface area contributed by atoms with Gasteiger partial charge in [0.2, 0.25) is 0 Å². The first-order chi connectivity index (χ1) is 7.09. The Balaban J connectivity index is 2.59. The SMILES string of the molecule is Cc1noc(C)c1-c1ncc(Br)c(Cl)n1. The van der Waals surface area contributed by atoms with Crippen molar-refractivity contribution >= 4 is 27.5 Å². The normalized spacial score (nSPS) is 10.7. The molecule has 15 heavy (non-hydrogen) atoms. The predicted octanol–water partition coefficient (Wildman–Crippen LogP) is 3.16. The second-order valence-electron chi connectivity index (χ2n) is 3.03. The monoisotopic (exact) mass is 287 g/mol. The summed E-state index contributed by atoms with van der Waals surface area (Å²) in [6, 6.07) is 0. The maximum absolute atomic E-state index is 5.89. The molecule has 0 saturated heterocycles. The maximum Gasteiger partial charge on any atom is 0.166 e. The summed E-state index contributed by atoms with van der Waals surface area (Å²) in [6.07, 6.45) is 1.61. The lowest BCUT2D eigenvalue weighted by molar-refractivity contribution is 0.393. The molecule has 0 fully saturated rings. The lowest BCUT2D eigenvalue weighted by atomic mass is 10.2. The minimum Gasteiger partial charge on any atom is -0.361 e. The van der Waals surface area contributed by atoms with Crippen LogP contribution in [-0.2, 0) is 0 Å². The van der Waals surface area contributed by atoms with Crippen LogP contribution in [0.15, 0.2) is 15.2 Å². The van der Waals surface area contributed by atoms with Crippen LogP contribution in [0, 0.1) is 13.8 Å². The molecule has 2 aromatic rings. The second kappa shape index (κ2) is 3.90. The van der Waals surface area contributed by atoms with Gasteiger partial charge in [0.25, 0.3) is 0 Å². The summed E-state index contributed by atoms with van der Waals surface area (Å²) in [4.78, 5) is 8.31. The number of nitrogens with zero attached hydrogens (tertiary/aromatic N) is 3. The fourth-order valence-corrected chi connectivity index (χ4v) is 1.59. The van der Waals surface area contributed by atoms with Crippen LogP contribution in [0.2, 0.25) is 5.15 Å². The summed E-state index contributed by atoms with van der Waals surface area (Å²) < 4.78 is 5.70. The Morgan fingerprint density at radius 2 is 2.13 bits per heavy atom. The molecule has 0 aliphatic heterocycles.